The molecule has 0 aliphatic carbocycles. The topological polar surface area (TPSA) is 56.5 Å². The van der Waals surface area contributed by atoms with Gasteiger partial charge in [0.1, 0.15) is 0 Å². The Morgan fingerprint density at radius 1 is 1.56 bits per heavy atom. The van der Waals surface area contributed by atoms with Gasteiger partial charge < -0.3 is 9.47 Å². The van der Waals surface area contributed by atoms with Crippen molar-refractivity contribution in [1.82, 2.24) is 5.43 Å². The van der Waals surface area contributed by atoms with Crippen LogP contribution in [0.25, 0.3) is 0 Å². The van der Waals surface area contributed by atoms with E-state index >= 15 is 0 Å². The average Bonchev–Trinajstić information content (AvgIpc) is 2.79. The van der Waals surface area contributed by atoms with Gasteiger partial charge in [0.2, 0.25) is 0 Å². The fourth-order valence-electron chi connectivity index (χ4n) is 2.49. The second kappa shape index (κ2) is 5.65. The molecule has 1 heterocycles. The van der Waals surface area contributed by atoms with Gasteiger partial charge in [-0.25, -0.2) is 4.39 Å². The van der Waals surface area contributed by atoms with Gasteiger partial charge in [0, 0.05) is 11.5 Å². The third-order valence-electron chi connectivity index (χ3n) is 3.43. The third-order valence-corrected chi connectivity index (χ3v) is 3.43. The van der Waals surface area contributed by atoms with Crippen molar-refractivity contribution in [3.63, 3.8) is 0 Å². The second-order valence-corrected chi connectivity index (χ2v) is 4.65. The largest absolute Gasteiger partial charge is 0.494 e. The van der Waals surface area contributed by atoms with E-state index in [4.69, 9.17) is 15.3 Å². The van der Waals surface area contributed by atoms with Crippen LogP contribution in [0.2, 0.25) is 0 Å². The number of methoxy groups -OCH3 is 1. The van der Waals surface area contributed by atoms with Crippen LogP contribution in [0.15, 0.2) is 18.2 Å². The first-order valence-electron chi connectivity index (χ1n) is 6.07. The summed E-state index contributed by atoms with van der Waals surface area (Å²) in [5.41, 5.74) is 3.22. The molecule has 4 nitrogen and oxygen atoms in total. The van der Waals surface area contributed by atoms with Crippen LogP contribution in [0.4, 0.5) is 4.39 Å². The van der Waals surface area contributed by atoms with Crippen molar-refractivity contribution in [1.29, 1.82) is 0 Å². The molecule has 3 atom stereocenters. The summed E-state index contributed by atoms with van der Waals surface area (Å²) < 4.78 is 24.7. The van der Waals surface area contributed by atoms with Gasteiger partial charge in [-0.05, 0) is 19.4 Å². The number of hydrogen-bond donors (Lipinski definition) is 2. The van der Waals surface area contributed by atoms with E-state index in [-0.39, 0.29) is 29.6 Å². The summed E-state index contributed by atoms with van der Waals surface area (Å²) in [5, 5.41) is 0. The summed E-state index contributed by atoms with van der Waals surface area (Å²) in [6, 6.07) is 4.83. The summed E-state index contributed by atoms with van der Waals surface area (Å²) in [6.45, 7) is 2.60. The van der Waals surface area contributed by atoms with Crippen LogP contribution >= 0.6 is 0 Å². The Bertz CT molecular complexity index is 414. The molecule has 1 aliphatic rings. The van der Waals surface area contributed by atoms with Gasteiger partial charge in [0.15, 0.2) is 11.6 Å². The van der Waals surface area contributed by atoms with Crippen LogP contribution < -0.4 is 16.0 Å². The van der Waals surface area contributed by atoms with E-state index < -0.39 is 0 Å². The SMILES string of the molecule is COc1cccc(C(NN)C2COC(C)C2)c1F. The minimum absolute atomic E-state index is 0.173. The lowest BCUT2D eigenvalue weighted by molar-refractivity contribution is 0.116. The minimum Gasteiger partial charge on any atom is -0.494 e. The Balaban J connectivity index is 2.27. The fraction of sp³-hybridized carbons (Fsp3) is 0.538. The molecule has 0 radical (unpaired) electrons. The maximum Gasteiger partial charge on any atom is 0.169 e. The lowest BCUT2D eigenvalue weighted by Crippen LogP contribution is -2.34. The van der Waals surface area contributed by atoms with E-state index in [0.717, 1.165) is 6.42 Å². The van der Waals surface area contributed by atoms with Gasteiger partial charge in [-0.3, -0.25) is 11.3 Å². The van der Waals surface area contributed by atoms with Crippen LogP contribution in [0.1, 0.15) is 24.9 Å². The van der Waals surface area contributed by atoms with E-state index in [2.05, 4.69) is 5.43 Å². The molecular formula is C13H19FN2O2. The number of nitrogens with two attached hydrogens (primary N) is 1. The van der Waals surface area contributed by atoms with Crippen molar-refractivity contribution >= 4 is 0 Å². The molecule has 3 N–H and O–H groups in total. The number of halogens is 1. The van der Waals surface area contributed by atoms with Crippen molar-refractivity contribution in [3.8, 4) is 5.75 Å². The summed E-state index contributed by atoms with van der Waals surface area (Å²) in [4.78, 5) is 0. The number of hydrazine groups is 1. The smallest absolute Gasteiger partial charge is 0.169 e. The zero-order valence-corrected chi connectivity index (χ0v) is 10.7. The second-order valence-electron chi connectivity index (χ2n) is 4.65. The Morgan fingerprint density at radius 2 is 2.33 bits per heavy atom. The van der Waals surface area contributed by atoms with Crippen molar-refractivity contribution in [3.05, 3.63) is 29.6 Å². The standard InChI is InChI=1S/C13H19FN2O2/c1-8-6-9(7-18-8)13(16-15)10-4-3-5-11(17-2)12(10)14/h3-5,8-9,13,16H,6-7,15H2,1-2H3. The van der Waals surface area contributed by atoms with E-state index in [0.29, 0.717) is 12.2 Å². The molecule has 1 aliphatic heterocycles. The maximum absolute atomic E-state index is 14.2. The lowest BCUT2D eigenvalue weighted by atomic mass is 9.91. The summed E-state index contributed by atoms with van der Waals surface area (Å²) in [5.74, 6) is 5.63. The van der Waals surface area contributed by atoms with E-state index in [9.17, 15) is 4.39 Å². The van der Waals surface area contributed by atoms with E-state index in [1.165, 1.54) is 7.11 Å². The molecule has 100 valence electrons. The number of hydrogen-bond acceptors (Lipinski definition) is 4. The van der Waals surface area contributed by atoms with E-state index in [1.807, 2.05) is 6.92 Å². The third kappa shape index (κ3) is 2.48. The van der Waals surface area contributed by atoms with Crippen LogP contribution in [0.5, 0.6) is 5.75 Å². The monoisotopic (exact) mass is 254 g/mol. The first kappa shape index (κ1) is 13.3. The molecule has 1 aromatic carbocycles. The molecule has 2 rings (SSSR count). The molecule has 3 unspecified atom stereocenters. The van der Waals surface area contributed by atoms with Crippen LogP contribution in [-0.2, 0) is 4.74 Å². The molecule has 18 heavy (non-hydrogen) atoms. The number of nitrogens with one attached hydrogen (secondary N) is 1. The molecule has 1 saturated heterocycles. The van der Waals surface area contributed by atoms with Crippen LogP contribution in [-0.4, -0.2) is 19.8 Å². The fourth-order valence-corrected chi connectivity index (χ4v) is 2.49. The molecule has 0 amide bonds. The van der Waals surface area contributed by atoms with Gasteiger partial charge in [-0.1, -0.05) is 12.1 Å². The van der Waals surface area contributed by atoms with E-state index in [1.54, 1.807) is 18.2 Å². The highest BCUT2D eigenvalue weighted by Gasteiger charge is 2.32. The van der Waals surface area contributed by atoms with Crippen molar-refractivity contribution in [2.24, 2.45) is 11.8 Å². The van der Waals surface area contributed by atoms with Gasteiger partial charge in [0.05, 0.1) is 25.9 Å². The highest BCUT2D eigenvalue weighted by molar-refractivity contribution is 5.33. The Morgan fingerprint density at radius 3 is 2.89 bits per heavy atom. The number of benzene rings is 1. The summed E-state index contributed by atoms with van der Waals surface area (Å²) in [6.07, 6.45) is 1.06. The first-order chi connectivity index (χ1) is 8.67. The quantitative estimate of drug-likeness (QED) is 0.635. The van der Waals surface area contributed by atoms with Crippen molar-refractivity contribution < 1.29 is 13.9 Å². The highest BCUT2D eigenvalue weighted by atomic mass is 19.1. The molecule has 0 saturated carbocycles. The maximum atomic E-state index is 14.2. The van der Waals surface area contributed by atoms with Crippen LogP contribution in [0, 0.1) is 11.7 Å². The Labute approximate surface area is 106 Å². The molecule has 0 aromatic heterocycles. The van der Waals surface area contributed by atoms with Gasteiger partial charge in [0.25, 0.3) is 0 Å². The first-order valence-corrected chi connectivity index (χ1v) is 6.07. The van der Waals surface area contributed by atoms with Crippen molar-refractivity contribution in [2.75, 3.05) is 13.7 Å². The zero-order valence-electron chi connectivity index (χ0n) is 10.7. The Kier molecular flexibility index (Phi) is 4.16. The van der Waals surface area contributed by atoms with Crippen molar-refractivity contribution in [2.45, 2.75) is 25.5 Å². The predicted molar refractivity (Wildman–Crippen MR) is 66.5 cm³/mol. The molecule has 1 fully saturated rings. The van der Waals surface area contributed by atoms with Gasteiger partial charge >= 0.3 is 0 Å². The summed E-state index contributed by atoms with van der Waals surface area (Å²) in [7, 11) is 1.45. The number of rotatable bonds is 4. The van der Waals surface area contributed by atoms with Gasteiger partial charge in [-0.2, -0.15) is 0 Å². The zero-order chi connectivity index (χ0) is 13.1. The number of ether oxygens (including phenoxy) is 2. The molecule has 0 spiro atoms. The predicted octanol–water partition coefficient (Wildman–Crippen LogP) is 1.76. The normalized spacial score (nSPS) is 25.1. The molecule has 0 bridgehead atoms. The van der Waals surface area contributed by atoms with Gasteiger partial charge in [-0.15, -0.1) is 0 Å². The molecule has 5 heteroatoms. The lowest BCUT2D eigenvalue weighted by Gasteiger charge is -2.23. The minimum atomic E-state index is -0.359. The van der Waals surface area contributed by atoms with Crippen LogP contribution in [0.3, 0.4) is 0 Å². The molecule has 1 aromatic rings. The average molecular weight is 254 g/mol. The Hall–Kier alpha value is -1.17. The molecular weight excluding hydrogens is 235 g/mol. The highest BCUT2D eigenvalue weighted by Crippen LogP contribution is 2.34. The summed E-state index contributed by atoms with van der Waals surface area (Å²) >= 11 is 0.